The second kappa shape index (κ2) is 7.71. The maximum Gasteiger partial charge on any atom is 0.260 e. The molecule has 0 aliphatic carbocycles. The first kappa shape index (κ1) is 18.0. The first-order valence-corrected chi connectivity index (χ1v) is 10.3. The monoisotopic (exact) mass is 401 g/mol. The Morgan fingerprint density at radius 3 is 2.67 bits per heavy atom. The van der Waals surface area contributed by atoms with Gasteiger partial charge in [0.2, 0.25) is 5.95 Å². The summed E-state index contributed by atoms with van der Waals surface area (Å²) >= 11 is 2.81. The van der Waals surface area contributed by atoms with Crippen LogP contribution in [0, 0.1) is 0 Å². The van der Waals surface area contributed by atoms with Gasteiger partial charge in [-0.25, -0.2) is 9.97 Å². The number of carbonyl (C=O) groups excluding carboxylic acids is 1. The molecule has 0 spiro atoms. The molecule has 27 heavy (non-hydrogen) atoms. The van der Waals surface area contributed by atoms with Crippen LogP contribution in [0.2, 0.25) is 0 Å². The van der Waals surface area contributed by atoms with E-state index in [1.807, 2.05) is 18.2 Å². The molecule has 0 bridgehead atoms. The Hall–Kier alpha value is -2.36. The van der Waals surface area contributed by atoms with Crippen LogP contribution in [-0.2, 0) is 10.5 Å². The number of amides is 1. The number of nitrogens with zero attached hydrogens (tertiary/aromatic N) is 3. The van der Waals surface area contributed by atoms with E-state index in [9.17, 15) is 4.79 Å². The van der Waals surface area contributed by atoms with E-state index in [2.05, 4.69) is 22.0 Å². The summed E-state index contributed by atoms with van der Waals surface area (Å²) in [5.41, 5.74) is 13.3. The number of thiophene rings is 1. The Morgan fingerprint density at radius 2 is 1.96 bits per heavy atom. The summed E-state index contributed by atoms with van der Waals surface area (Å²) in [5, 5.41) is 1.48. The third-order valence-corrected chi connectivity index (χ3v) is 6.44. The summed E-state index contributed by atoms with van der Waals surface area (Å²) in [4.78, 5) is 24.3. The van der Waals surface area contributed by atoms with Gasteiger partial charge in [0, 0.05) is 18.8 Å². The van der Waals surface area contributed by atoms with Crippen LogP contribution in [0.25, 0.3) is 10.2 Å². The van der Waals surface area contributed by atoms with Crippen LogP contribution < -0.4 is 16.4 Å². The molecule has 2 aromatic heterocycles. The van der Waals surface area contributed by atoms with E-state index in [0.29, 0.717) is 39.9 Å². The van der Waals surface area contributed by atoms with Gasteiger partial charge < -0.3 is 21.1 Å². The number of morpholine rings is 1. The van der Waals surface area contributed by atoms with Crippen LogP contribution >= 0.6 is 23.1 Å². The Morgan fingerprint density at radius 1 is 1.22 bits per heavy atom. The predicted octanol–water partition coefficient (Wildman–Crippen LogP) is 2.50. The summed E-state index contributed by atoms with van der Waals surface area (Å²) in [6.45, 7) is 2.76. The fourth-order valence-electron chi connectivity index (χ4n) is 2.90. The number of nitrogen functional groups attached to an aromatic ring is 1. The molecule has 4 N–H and O–H groups in total. The average molecular weight is 402 g/mol. The van der Waals surface area contributed by atoms with Gasteiger partial charge in [-0.3, -0.25) is 4.79 Å². The smallest absolute Gasteiger partial charge is 0.260 e. The molecule has 3 heterocycles. The molecule has 4 rings (SSSR count). The number of aromatic nitrogens is 2. The maximum absolute atomic E-state index is 11.7. The minimum absolute atomic E-state index is 0.333. The number of ether oxygens (including phenoxy) is 1. The summed E-state index contributed by atoms with van der Waals surface area (Å²) < 4.78 is 5.42. The number of benzene rings is 1. The number of nitrogens with two attached hydrogens (primary N) is 2. The number of fused-ring (bicyclic) bond motifs is 1. The zero-order valence-electron chi connectivity index (χ0n) is 14.6. The van der Waals surface area contributed by atoms with Crippen LogP contribution in [0.3, 0.4) is 0 Å². The topological polar surface area (TPSA) is 107 Å². The van der Waals surface area contributed by atoms with Crippen molar-refractivity contribution in [2.24, 2.45) is 5.73 Å². The van der Waals surface area contributed by atoms with Gasteiger partial charge in [-0.1, -0.05) is 30.3 Å². The first-order chi connectivity index (χ1) is 13.1. The van der Waals surface area contributed by atoms with Gasteiger partial charge in [0.05, 0.1) is 24.3 Å². The number of carbonyl (C=O) groups is 1. The lowest BCUT2D eigenvalue weighted by Gasteiger charge is -2.27. The number of anilines is 2. The molecule has 1 aliphatic rings. The van der Waals surface area contributed by atoms with Crippen LogP contribution in [-0.4, -0.2) is 42.2 Å². The average Bonchev–Trinajstić information content (AvgIpc) is 3.04. The summed E-state index contributed by atoms with van der Waals surface area (Å²) in [6.07, 6.45) is 0. The van der Waals surface area contributed by atoms with E-state index in [0.717, 1.165) is 23.9 Å². The van der Waals surface area contributed by atoms with Crippen molar-refractivity contribution in [1.29, 1.82) is 0 Å². The maximum atomic E-state index is 11.7. The molecule has 9 heteroatoms. The van der Waals surface area contributed by atoms with Crippen molar-refractivity contribution >= 4 is 50.9 Å². The summed E-state index contributed by atoms with van der Waals surface area (Å²) in [7, 11) is 0. The van der Waals surface area contributed by atoms with Crippen molar-refractivity contribution in [2.45, 2.75) is 10.8 Å². The highest BCUT2D eigenvalue weighted by Gasteiger charge is 2.23. The molecule has 1 aromatic carbocycles. The molecule has 1 fully saturated rings. The van der Waals surface area contributed by atoms with Gasteiger partial charge in [0.15, 0.2) is 0 Å². The summed E-state index contributed by atoms with van der Waals surface area (Å²) in [5.74, 6) is 0.845. The number of thioether (sulfide) groups is 1. The minimum atomic E-state index is -0.539. The minimum Gasteiger partial charge on any atom is -0.397 e. The van der Waals surface area contributed by atoms with Crippen LogP contribution in [0.5, 0.6) is 0 Å². The molecule has 0 saturated carbocycles. The van der Waals surface area contributed by atoms with Crippen molar-refractivity contribution in [3.63, 3.8) is 0 Å². The molecule has 0 radical (unpaired) electrons. The zero-order valence-corrected chi connectivity index (χ0v) is 16.2. The van der Waals surface area contributed by atoms with E-state index in [1.54, 1.807) is 11.8 Å². The van der Waals surface area contributed by atoms with E-state index < -0.39 is 5.91 Å². The van der Waals surface area contributed by atoms with E-state index in [1.165, 1.54) is 16.9 Å². The highest BCUT2D eigenvalue weighted by Crippen LogP contribution is 2.39. The molecule has 1 saturated heterocycles. The second-order valence-electron chi connectivity index (χ2n) is 6.09. The Labute approximate surface area is 164 Å². The third-order valence-electron chi connectivity index (χ3n) is 4.28. The highest BCUT2D eigenvalue weighted by molar-refractivity contribution is 7.98. The molecule has 140 valence electrons. The highest BCUT2D eigenvalue weighted by atomic mass is 32.2. The lowest BCUT2D eigenvalue weighted by molar-refractivity contribution is 0.100. The molecule has 1 aliphatic heterocycles. The van der Waals surface area contributed by atoms with Gasteiger partial charge in [0.1, 0.15) is 14.7 Å². The second-order valence-corrected chi connectivity index (χ2v) is 8.05. The zero-order chi connectivity index (χ0) is 18.8. The molecular formula is C18H19N5O2S2. The van der Waals surface area contributed by atoms with Crippen LogP contribution in [0.1, 0.15) is 15.2 Å². The number of hydrogen-bond acceptors (Lipinski definition) is 8. The molecule has 3 aromatic rings. The van der Waals surface area contributed by atoms with Gasteiger partial charge in [-0.2, -0.15) is 0 Å². The van der Waals surface area contributed by atoms with Crippen molar-refractivity contribution in [3.8, 4) is 0 Å². The molecule has 1 amide bonds. The third kappa shape index (κ3) is 3.71. The number of hydrogen-bond donors (Lipinski definition) is 2. The normalized spacial score (nSPS) is 14.6. The van der Waals surface area contributed by atoms with E-state index in [4.69, 9.17) is 21.2 Å². The lowest BCUT2D eigenvalue weighted by atomic mass is 10.2. The van der Waals surface area contributed by atoms with Gasteiger partial charge >= 0.3 is 0 Å². The first-order valence-electron chi connectivity index (χ1n) is 8.52. The van der Waals surface area contributed by atoms with Crippen LogP contribution in [0.15, 0.2) is 35.4 Å². The van der Waals surface area contributed by atoms with Gasteiger partial charge in [-0.05, 0) is 5.56 Å². The Balaban J connectivity index is 1.76. The van der Waals surface area contributed by atoms with E-state index in [-0.39, 0.29) is 0 Å². The van der Waals surface area contributed by atoms with Crippen molar-refractivity contribution in [3.05, 3.63) is 40.8 Å². The van der Waals surface area contributed by atoms with E-state index >= 15 is 0 Å². The summed E-state index contributed by atoms with van der Waals surface area (Å²) in [6, 6.07) is 10.1. The molecule has 7 nitrogen and oxygen atoms in total. The molecular weight excluding hydrogens is 382 g/mol. The van der Waals surface area contributed by atoms with Gasteiger partial charge in [-0.15, -0.1) is 23.1 Å². The van der Waals surface area contributed by atoms with Gasteiger partial charge in [0.25, 0.3) is 5.91 Å². The standard InChI is InChI=1S/C18H19N5O2S2/c19-13-12-16(26-10-11-4-2-1-3-5-11)21-18(23-6-8-25-9-7-23)22-17(12)27-14(13)15(20)24/h1-5H,6-10,19H2,(H2,20,24). The quantitative estimate of drug-likeness (QED) is 0.499. The van der Waals surface area contributed by atoms with Crippen molar-refractivity contribution in [2.75, 3.05) is 36.9 Å². The largest absolute Gasteiger partial charge is 0.397 e. The fourth-order valence-corrected chi connectivity index (χ4v) is 4.90. The van der Waals surface area contributed by atoms with Crippen LogP contribution in [0.4, 0.5) is 11.6 Å². The SMILES string of the molecule is NC(=O)c1sc2nc(N3CCOCC3)nc(SCc3ccccc3)c2c1N. The molecule has 0 unspecified atom stereocenters. The van der Waals surface area contributed by atoms with Crippen molar-refractivity contribution < 1.29 is 9.53 Å². The Bertz CT molecular complexity index is 971. The lowest BCUT2D eigenvalue weighted by Crippen LogP contribution is -2.37. The number of primary amides is 1. The van der Waals surface area contributed by atoms with Crippen molar-refractivity contribution in [1.82, 2.24) is 9.97 Å². The molecule has 0 atom stereocenters. The Kier molecular flexibility index (Phi) is 5.15. The number of rotatable bonds is 5. The predicted molar refractivity (Wildman–Crippen MR) is 109 cm³/mol. The fraction of sp³-hybridized carbons (Fsp3) is 0.278.